The molecule has 0 unspecified atom stereocenters. The number of hydrogen-bond donors (Lipinski definition) is 3. The third-order valence-corrected chi connectivity index (χ3v) is 4.46. The minimum absolute atomic E-state index is 0.110. The quantitative estimate of drug-likeness (QED) is 0.506. The molecule has 0 saturated heterocycles. The van der Waals surface area contributed by atoms with Crippen LogP contribution >= 0.6 is 23.4 Å². The lowest BCUT2D eigenvalue weighted by Gasteiger charge is -2.08. The second kappa shape index (κ2) is 9.96. The van der Waals surface area contributed by atoms with Gasteiger partial charge in [-0.3, -0.25) is 4.79 Å². The van der Waals surface area contributed by atoms with Gasteiger partial charge in [0, 0.05) is 41.4 Å². The van der Waals surface area contributed by atoms with E-state index in [1.165, 1.54) is 6.92 Å². The van der Waals surface area contributed by atoms with E-state index in [0.717, 1.165) is 21.9 Å². The highest BCUT2D eigenvalue weighted by atomic mass is 35.5. The van der Waals surface area contributed by atoms with Crippen molar-refractivity contribution in [3.8, 4) is 0 Å². The fourth-order valence-corrected chi connectivity index (χ4v) is 2.91. The molecule has 3 N–H and O–H groups in total. The molecule has 5 nitrogen and oxygen atoms in total. The Balaban J connectivity index is 1.63. The van der Waals surface area contributed by atoms with Gasteiger partial charge in [0.2, 0.25) is 5.91 Å². The lowest BCUT2D eigenvalue weighted by molar-refractivity contribution is -0.114. The standard InChI is InChI=1S/C18H20ClN3O2S/c1-13(23)22-16-6-2-14(3-7-16)12-21-18(24)20-10-11-25-17-8-4-15(19)5-9-17/h2-9H,10-12H2,1H3,(H,22,23)(H2,20,21,24). The first-order chi connectivity index (χ1) is 12.0. The fraction of sp³-hybridized carbons (Fsp3) is 0.222. The van der Waals surface area contributed by atoms with Gasteiger partial charge in [-0.1, -0.05) is 23.7 Å². The summed E-state index contributed by atoms with van der Waals surface area (Å²) in [6.07, 6.45) is 0. The largest absolute Gasteiger partial charge is 0.337 e. The molecule has 0 aliphatic carbocycles. The number of nitrogens with one attached hydrogen (secondary N) is 3. The van der Waals surface area contributed by atoms with E-state index < -0.39 is 0 Å². The molecule has 0 fully saturated rings. The Labute approximate surface area is 156 Å². The van der Waals surface area contributed by atoms with Gasteiger partial charge in [-0.25, -0.2) is 4.79 Å². The molecule has 0 heterocycles. The van der Waals surface area contributed by atoms with Crippen molar-refractivity contribution in [2.45, 2.75) is 18.4 Å². The second-order valence-electron chi connectivity index (χ2n) is 5.29. The molecule has 2 aromatic rings. The molecule has 0 spiro atoms. The molecule has 132 valence electrons. The first-order valence-electron chi connectivity index (χ1n) is 7.79. The number of carbonyl (C=O) groups excluding carboxylic acids is 2. The molecule has 0 aliphatic heterocycles. The highest BCUT2D eigenvalue weighted by Crippen LogP contribution is 2.19. The molecule has 25 heavy (non-hydrogen) atoms. The molecule has 0 atom stereocenters. The maximum Gasteiger partial charge on any atom is 0.315 e. The normalized spacial score (nSPS) is 10.2. The molecule has 3 amide bonds. The topological polar surface area (TPSA) is 70.2 Å². The van der Waals surface area contributed by atoms with Gasteiger partial charge in [0.05, 0.1) is 0 Å². The number of hydrogen-bond acceptors (Lipinski definition) is 3. The Morgan fingerprint density at radius 2 is 1.68 bits per heavy atom. The lowest BCUT2D eigenvalue weighted by atomic mass is 10.2. The van der Waals surface area contributed by atoms with Gasteiger partial charge in [-0.15, -0.1) is 11.8 Å². The van der Waals surface area contributed by atoms with Crippen molar-refractivity contribution in [3.63, 3.8) is 0 Å². The highest BCUT2D eigenvalue weighted by Gasteiger charge is 2.01. The number of rotatable bonds is 7. The maximum atomic E-state index is 11.8. The fourth-order valence-electron chi connectivity index (χ4n) is 2.02. The molecule has 0 aliphatic rings. The average Bonchev–Trinajstić information content (AvgIpc) is 2.59. The summed E-state index contributed by atoms with van der Waals surface area (Å²) < 4.78 is 0. The van der Waals surface area contributed by atoms with E-state index in [-0.39, 0.29) is 11.9 Å². The Hall–Kier alpha value is -2.18. The summed E-state index contributed by atoms with van der Waals surface area (Å²) in [7, 11) is 0. The number of thioether (sulfide) groups is 1. The summed E-state index contributed by atoms with van der Waals surface area (Å²) in [5.74, 6) is 0.669. The van der Waals surface area contributed by atoms with E-state index in [4.69, 9.17) is 11.6 Å². The zero-order chi connectivity index (χ0) is 18.1. The molecule has 2 rings (SSSR count). The van der Waals surface area contributed by atoms with E-state index in [9.17, 15) is 9.59 Å². The average molecular weight is 378 g/mol. The third kappa shape index (κ3) is 7.49. The van der Waals surface area contributed by atoms with Crippen LogP contribution in [-0.4, -0.2) is 24.2 Å². The number of urea groups is 1. The van der Waals surface area contributed by atoms with Crippen molar-refractivity contribution in [1.82, 2.24) is 10.6 Å². The van der Waals surface area contributed by atoms with Crippen molar-refractivity contribution in [1.29, 1.82) is 0 Å². The van der Waals surface area contributed by atoms with Crippen LogP contribution in [0.25, 0.3) is 0 Å². The Bertz CT molecular complexity index is 705. The van der Waals surface area contributed by atoms with Gasteiger partial charge in [0.25, 0.3) is 0 Å². The van der Waals surface area contributed by atoms with Crippen LogP contribution in [0, 0.1) is 0 Å². The molecule has 7 heteroatoms. The van der Waals surface area contributed by atoms with Crippen molar-refractivity contribution in [2.24, 2.45) is 0 Å². The van der Waals surface area contributed by atoms with E-state index in [1.807, 2.05) is 36.4 Å². The number of benzene rings is 2. The van der Waals surface area contributed by atoms with Crippen LogP contribution in [-0.2, 0) is 11.3 Å². The van der Waals surface area contributed by atoms with Crippen LogP contribution in [0.3, 0.4) is 0 Å². The van der Waals surface area contributed by atoms with Gasteiger partial charge >= 0.3 is 6.03 Å². The molecule has 0 bridgehead atoms. The van der Waals surface area contributed by atoms with Crippen LogP contribution in [0.1, 0.15) is 12.5 Å². The predicted octanol–water partition coefficient (Wildman–Crippen LogP) is 3.89. The van der Waals surface area contributed by atoms with Crippen molar-refractivity contribution in [3.05, 3.63) is 59.1 Å². The second-order valence-corrected chi connectivity index (χ2v) is 6.89. The Kier molecular flexibility index (Phi) is 7.63. The van der Waals surface area contributed by atoms with E-state index in [1.54, 1.807) is 23.9 Å². The first kappa shape index (κ1) is 19.1. The summed E-state index contributed by atoms with van der Waals surface area (Å²) in [4.78, 5) is 23.9. The summed E-state index contributed by atoms with van der Waals surface area (Å²) in [6, 6.07) is 14.7. The van der Waals surface area contributed by atoms with Crippen molar-refractivity contribution < 1.29 is 9.59 Å². The van der Waals surface area contributed by atoms with Crippen LogP contribution in [0.2, 0.25) is 5.02 Å². The minimum atomic E-state index is -0.206. The minimum Gasteiger partial charge on any atom is -0.337 e. The van der Waals surface area contributed by atoms with E-state index in [0.29, 0.717) is 18.1 Å². The summed E-state index contributed by atoms with van der Waals surface area (Å²) in [6.45, 7) is 2.46. The van der Waals surface area contributed by atoms with Crippen LogP contribution in [0.5, 0.6) is 0 Å². The zero-order valence-corrected chi connectivity index (χ0v) is 15.4. The van der Waals surface area contributed by atoms with Crippen LogP contribution < -0.4 is 16.0 Å². The maximum absolute atomic E-state index is 11.8. The molecule has 0 saturated carbocycles. The van der Waals surface area contributed by atoms with Crippen LogP contribution in [0.15, 0.2) is 53.4 Å². The van der Waals surface area contributed by atoms with Gasteiger partial charge in [-0.05, 0) is 42.0 Å². The number of halogens is 1. The van der Waals surface area contributed by atoms with Gasteiger partial charge in [0.1, 0.15) is 0 Å². The Morgan fingerprint density at radius 3 is 2.32 bits per heavy atom. The monoisotopic (exact) mass is 377 g/mol. The van der Waals surface area contributed by atoms with Gasteiger partial charge in [0.15, 0.2) is 0 Å². The molecule has 0 radical (unpaired) electrons. The molecule has 0 aromatic heterocycles. The van der Waals surface area contributed by atoms with Crippen LogP contribution in [0.4, 0.5) is 10.5 Å². The van der Waals surface area contributed by atoms with Gasteiger partial charge < -0.3 is 16.0 Å². The molecular formula is C18H20ClN3O2S. The first-order valence-corrected chi connectivity index (χ1v) is 9.16. The zero-order valence-electron chi connectivity index (χ0n) is 13.8. The van der Waals surface area contributed by atoms with Crippen molar-refractivity contribution in [2.75, 3.05) is 17.6 Å². The Morgan fingerprint density at radius 1 is 1.00 bits per heavy atom. The van der Waals surface area contributed by atoms with E-state index >= 15 is 0 Å². The number of amides is 3. The molecule has 2 aromatic carbocycles. The summed E-state index contributed by atoms with van der Waals surface area (Å²) in [5.41, 5.74) is 1.69. The smallest absolute Gasteiger partial charge is 0.315 e. The lowest BCUT2D eigenvalue weighted by Crippen LogP contribution is -2.36. The predicted molar refractivity (Wildman–Crippen MR) is 103 cm³/mol. The summed E-state index contributed by atoms with van der Waals surface area (Å²) >= 11 is 7.49. The summed E-state index contributed by atoms with van der Waals surface area (Å²) in [5, 5.41) is 9.03. The number of anilines is 1. The van der Waals surface area contributed by atoms with Crippen molar-refractivity contribution >= 4 is 41.0 Å². The SMILES string of the molecule is CC(=O)Nc1ccc(CNC(=O)NCCSc2ccc(Cl)cc2)cc1. The molecular weight excluding hydrogens is 358 g/mol. The third-order valence-electron chi connectivity index (χ3n) is 3.20. The number of carbonyl (C=O) groups is 2. The van der Waals surface area contributed by atoms with E-state index in [2.05, 4.69) is 16.0 Å². The highest BCUT2D eigenvalue weighted by molar-refractivity contribution is 7.99. The van der Waals surface area contributed by atoms with Gasteiger partial charge in [-0.2, -0.15) is 0 Å².